The molecule has 1 atom stereocenters. The maximum atomic E-state index is 10.3. The average molecular weight is 158 g/mol. The Morgan fingerprint density at radius 3 is 2.55 bits per heavy atom. The fourth-order valence-corrected chi connectivity index (χ4v) is 0.703. The van der Waals surface area contributed by atoms with Crippen LogP contribution in [0.5, 0.6) is 0 Å². The zero-order chi connectivity index (χ0) is 8.85. The summed E-state index contributed by atoms with van der Waals surface area (Å²) in [5.74, 6) is -0.888. The van der Waals surface area contributed by atoms with Crippen LogP contribution >= 0.6 is 0 Å². The van der Waals surface area contributed by atoms with E-state index in [4.69, 9.17) is 9.84 Å². The summed E-state index contributed by atoms with van der Waals surface area (Å²) in [6.45, 7) is 3.50. The van der Waals surface area contributed by atoms with Gasteiger partial charge in [-0.1, -0.05) is 6.92 Å². The molecule has 11 heavy (non-hydrogen) atoms. The quantitative estimate of drug-likeness (QED) is 0.630. The summed E-state index contributed by atoms with van der Waals surface area (Å²) >= 11 is 0. The summed E-state index contributed by atoms with van der Waals surface area (Å²) in [5, 5.41) is 8.50. The van der Waals surface area contributed by atoms with Gasteiger partial charge in [-0.3, -0.25) is 0 Å². The Bertz CT molecular complexity index is 157. The molecule has 0 saturated heterocycles. The third kappa shape index (κ3) is 3.78. The molecule has 64 valence electrons. The fraction of sp³-hybridized carbons (Fsp3) is 0.625. The zero-order valence-electron chi connectivity index (χ0n) is 7.13. The van der Waals surface area contributed by atoms with Gasteiger partial charge in [-0.15, -0.1) is 0 Å². The van der Waals surface area contributed by atoms with E-state index in [2.05, 4.69) is 0 Å². The molecular weight excluding hydrogens is 144 g/mol. The monoisotopic (exact) mass is 158 g/mol. The first-order valence-corrected chi connectivity index (χ1v) is 3.56. The minimum Gasteiger partial charge on any atom is -0.478 e. The van der Waals surface area contributed by atoms with E-state index in [1.54, 1.807) is 20.1 Å². The van der Waals surface area contributed by atoms with Crippen LogP contribution in [0.3, 0.4) is 0 Å². The van der Waals surface area contributed by atoms with Crippen LogP contribution in [0.4, 0.5) is 0 Å². The highest BCUT2D eigenvalue weighted by Gasteiger charge is 2.04. The van der Waals surface area contributed by atoms with Gasteiger partial charge in [0.25, 0.3) is 0 Å². The Morgan fingerprint density at radius 2 is 2.27 bits per heavy atom. The van der Waals surface area contributed by atoms with Gasteiger partial charge in [-0.2, -0.15) is 0 Å². The number of carbonyl (C=O) groups is 1. The fourth-order valence-electron chi connectivity index (χ4n) is 0.703. The Morgan fingerprint density at radius 1 is 1.73 bits per heavy atom. The number of carboxylic acids is 1. The minimum atomic E-state index is -0.888. The first-order valence-electron chi connectivity index (χ1n) is 3.56. The van der Waals surface area contributed by atoms with Crippen LogP contribution in [0.25, 0.3) is 0 Å². The van der Waals surface area contributed by atoms with Crippen LogP contribution in [0.2, 0.25) is 0 Å². The van der Waals surface area contributed by atoms with Crippen LogP contribution in [0.1, 0.15) is 20.3 Å². The van der Waals surface area contributed by atoms with Crippen molar-refractivity contribution in [1.29, 1.82) is 0 Å². The lowest BCUT2D eigenvalue weighted by atomic mass is 10.2. The molecule has 1 N–H and O–H groups in total. The van der Waals surface area contributed by atoms with Crippen molar-refractivity contribution in [3.8, 4) is 0 Å². The largest absolute Gasteiger partial charge is 0.478 e. The van der Waals surface area contributed by atoms with Crippen molar-refractivity contribution in [1.82, 2.24) is 0 Å². The van der Waals surface area contributed by atoms with Crippen LogP contribution < -0.4 is 0 Å². The van der Waals surface area contributed by atoms with E-state index in [0.29, 0.717) is 5.57 Å². The Hall–Kier alpha value is -0.830. The normalized spacial score (nSPS) is 14.6. The first kappa shape index (κ1) is 10.2. The van der Waals surface area contributed by atoms with Gasteiger partial charge in [0.05, 0.1) is 6.10 Å². The molecule has 0 amide bonds. The summed E-state index contributed by atoms with van der Waals surface area (Å²) in [6, 6.07) is 0. The Labute approximate surface area is 66.7 Å². The van der Waals surface area contributed by atoms with Crippen LogP contribution in [0.15, 0.2) is 11.6 Å². The van der Waals surface area contributed by atoms with Crippen molar-refractivity contribution in [2.45, 2.75) is 26.4 Å². The summed E-state index contributed by atoms with van der Waals surface area (Å²) in [4.78, 5) is 10.3. The maximum absolute atomic E-state index is 10.3. The van der Waals surface area contributed by atoms with Crippen molar-refractivity contribution in [2.75, 3.05) is 7.11 Å². The highest BCUT2D eigenvalue weighted by atomic mass is 16.5. The van der Waals surface area contributed by atoms with Gasteiger partial charge >= 0.3 is 5.97 Å². The van der Waals surface area contributed by atoms with Crippen molar-refractivity contribution in [3.05, 3.63) is 11.6 Å². The predicted molar refractivity (Wildman–Crippen MR) is 42.5 cm³/mol. The SMILES string of the molecule is CCC(C=C(C)C(=O)O)OC. The molecule has 3 nitrogen and oxygen atoms in total. The number of ether oxygens (including phenoxy) is 1. The molecule has 0 aromatic heterocycles. The van der Waals surface area contributed by atoms with Gasteiger partial charge in [0, 0.05) is 12.7 Å². The molecule has 0 saturated carbocycles. The number of carboxylic acid groups (broad SMARTS) is 1. The molecule has 0 aliphatic carbocycles. The van der Waals surface area contributed by atoms with Gasteiger partial charge in [-0.05, 0) is 19.4 Å². The van der Waals surface area contributed by atoms with Gasteiger partial charge in [0.2, 0.25) is 0 Å². The third-order valence-corrected chi connectivity index (χ3v) is 1.48. The molecule has 0 heterocycles. The Balaban J connectivity index is 4.14. The second-order valence-electron chi connectivity index (χ2n) is 2.34. The number of hydrogen-bond donors (Lipinski definition) is 1. The summed E-state index contributed by atoms with van der Waals surface area (Å²) in [7, 11) is 1.57. The molecule has 0 radical (unpaired) electrons. The van der Waals surface area contributed by atoms with E-state index >= 15 is 0 Å². The topological polar surface area (TPSA) is 46.5 Å². The minimum absolute atomic E-state index is 0.0777. The van der Waals surface area contributed by atoms with Crippen molar-refractivity contribution in [2.24, 2.45) is 0 Å². The highest BCUT2D eigenvalue weighted by Crippen LogP contribution is 2.02. The highest BCUT2D eigenvalue weighted by molar-refractivity contribution is 5.85. The van der Waals surface area contributed by atoms with Crippen molar-refractivity contribution < 1.29 is 14.6 Å². The van der Waals surface area contributed by atoms with Gasteiger partial charge in [0.1, 0.15) is 0 Å². The first-order chi connectivity index (χ1) is 5.11. The number of aliphatic carboxylic acids is 1. The molecule has 3 heteroatoms. The summed E-state index contributed by atoms with van der Waals surface area (Å²) in [5.41, 5.74) is 0.332. The second-order valence-corrected chi connectivity index (χ2v) is 2.34. The zero-order valence-corrected chi connectivity index (χ0v) is 7.13. The summed E-state index contributed by atoms with van der Waals surface area (Å²) < 4.78 is 4.98. The van der Waals surface area contributed by atoms with Crippen LogP contribution in [0, 0.1) is 0 Å². The predicted octanol–water partition coefficient (Wildman–Crippen LogP) is 1.44. The molecular formula is C8H14O3. The standard InChI is InChI=1S/C8H14O3/c1-4-7(11-3)5-6(2)8(9)10/h5,7H,4H2,1-3H3,(H,9,10). The Kier molecular flexibility index (Phi) is 4.54. The number of methoxy groups -OCH3 is 1. The van der Waals surface area contributed by atoms with E-state index in [0.717, 1.165) is 6.42 Å². The molecule has 0 aromatic carbocycles. The lowest BCUT2D eigenvalue weighted by Gasteiger charge is -2.07. The molecule has 0 fully saturated rings. The van der Waals surface area contributed by atoms with E-state index in [1.807, 2.05) is 6.92 Å². The number of hydrogen-bond acceptors (Lipinski definition) is 2. The van der Waals surface area contributed by atoms with Gasteiger partial charge in [-0.25, -0.2) is 4.79 Å². The summed E-state index contributed by atoms with van der Waals surface area (Å²) in [6.07, 6.45) is 2.33. The lowest BCUT2D eigenvalue weighted by molar-refractivity contribution is -0.132. The van der Waals surface area contributed by atoms with Gasteiger partial charge in [0.15, 0.2) is 0 Å². The molecule has 0 spiro atoms. The van der Waals surface area contributed by atoms with E-state index in [9.17, 15) is 4.79 Å². The van der Waals surface area contributed by atoms with Crippen LogP contribution in [-0.2, 0) is 9.53 Å². The van der Waals surface area contributed by atoms with Crippen molar-refractivity contribution >= 4 is 5.97 Å². The molecule has 0 aliphatic rings. The molecule has 0 aromatic rings. The van der Waals surface area contributed by atoms with E-state index < -0.39 is 5.97 Å². The molecule has 0 rings (SSSR count). The van der Waals surface area contributed by atoms with Crippen molar-refractivity contribution in [3.63, 3.8) is 0 Å². The van der Waals surface area contributed by atoms with E-state index in [-0.39, 0.29) is 6.10 Å². The third-order valence-electron chi connectivity index (χ3n) is 1.48. The van der Waals surface area contributed by atoms with E-state index in [1.165, 1.54) is 0 Å². The molecule has 1 unspecified atom stereocenters. The number of rotatable bonds is 4. The van der Waals surface area contributed by atoms with Gasteiger partial charge < -0.3 is 9.84 Å². The average Bonchev–Trinajstić information content (AvgIpc) is 1.99. The second kappa shape index (κ2) is 4.91. The molecule has 0 bridgehead atoms. The smallest absolute Gasteiger partial charge is 0.331 e. The van der Waals surface area contributed by atoms with Crippen LogP contribution in [-0.4, -0.2) is 24.3 Å². The molecule has 0 aliphatic heterocycles. The lowest BCUT2D eigenvalue weighted by Crippen LogP contribution is -2.08. The maximum Gasteiger partial charge on any atom is 0.331 e.